The molecule has 0 fully saturated rings. The molecule has 5 heteroatoms. The summed E-state index contributed by atoms with van der Waals surface area (Å²) in [5.41, 5.74) is -0.825. The molecule has 0 saturated heterocycles. The van der Waals surface area contributed by atoms with Gasteiger partial charge in [0.25, 0.3) is 0 Å². The van der Waals surface area contributed by atoms with Crippen LogP contribution in [0.15, 0.2) is 23.0 Å². The van der Waals surface area contributed by atoms with E-state index >= 15 is 0 Å². The van der Waals surface area contributed by atoms with E-state index in [2.05, 4.69) is 4.98 Å². The second kappa shape index (κ2) is 4.15. The number of nitrogens with one attached hydrogen (secondary N) is 1. The summed E-state index contributed by atoms with van der Waals surface area (Å²) in [6.07, 6.45) is -3.98. The van der Waals surface area contributed by atoms with Crippen LogP contribution in [0.2, 0.25) is 0 Å². The Morgan fingerprint density at radius 1 is 1.28 bits per heavy atom. The van der Waals surface area contributed by atoms with Gasteiger partial charge in [-0.05, 0) is 25.0 Å². The first-order chi connectivity index (χ1) is 8.36. The Bertz CT molecular complexity index is 656. The first-order valence-electron chi connectivity index (χ1n) is 5.58. The Labute approximate surface area is 101 Å². The molecule has 0 saturated carbocycles. The smallest absolute Gasteiger partial charge is 0.350 e. The average molecular weight is 255 g/mol. The molecule has 0 radical (unpaired) electrons. The number of para-hydroxylation sites is 1. The number of hydrogen-bond donors (Lipinski definition) is 1. The van der Waals surface area contributed by atoms with E-state index in [0.29, 0.717) is 17.4 Å². The van der Waals surface area contributed by atoms with Gasteiger partial charge in [-0.3, -0.25) is 4.79 Å². The van der Waals surface area contributed by atoms with E-state index in [4.69, 9.17) is 0 Å². The van der Waals surface area contributed by atoms with Crippen LogP contribution in [0, 0.1) is 6.92 Å². The van der Waals surface area contributed by atoms with Crippen molar-refractivity contribution in [3.8, 4) is 0 Å². The minimum atomic E-state index is -4.54. The fraction of sp³-hybridized carbons (Fsp3) is 0.308. The molecule has 1 heterocycles. The number of aryl methyl sites for hydroxylation is 1. The first-order valence-corrected chi connectivity index (χ1v) is 5.58. The third-order valence-electron chi connectivity index (χ3n) is 3.03. The van der Waals surface area contributed by atoms with Gasteiger partial charge in [-0.15, -0.1) is 0 Å². The van der Waals surface area contributed by atoms with Crippen molar-refractivity contribution in [1.29, 1.82) is 0 Å². The third kappa shape index (κ3) is 1.89. The molecule has 2 nitrogen and oxygen atoms in total. The normalized spacial score (nSPS) is 12.1. The lowest BCUT2D eigenvalue weighted by Crippen LogP contribution is -2.19. The minimum absolute atomic E-state index is 0.280. The van der Waals surface area contributed by atoms with Gasteiger partial charge in [0.2, 0.25) is 0 Å². The molecule has 0 spiro atoms. The van der Waals surface area contributed by atoms with E-state index in [9.17, 15) is 18.0 Å². The molecule has 0 aliphatic heterocycles. The summed E-state index contributed by atoms with van der Waals surface area (Å²) in [5, 5.41) is 0.305. The number of aromatic amines is 1. The van der Waals surface area contributed by atoms with Crippen molar-refractivity contribution in [1.82, 2.24) is 4.98 Å². The van der Waals surface area contributed by atoms with Crippen LogP contribution in [0.1, 0.15) is 23.7 Å². The maximum absolute atomic E-state index is 12.8. The molecule has 2 aromatic rings. The van der Waals surface area contributed by atoms with Gasteiger partial charge in [0.1, 0.15) is 5.69 Å². The van der Waals surface area contributed by atoms with E-state index < -0.39 is 17.3 Å². The highest BCUT2D eigenvalue weighted by atomic mass is 19.4. The van der Waals surface area contributed by atoms with Gasteiger partial charge in [0, 0.05) is 10.9 Å². The van der Waals surface area contributed by atoms with Crippen molar-refractivity contribution >= 4 is 10.9 Å². The summed E-state index contributed by atoms with van der Waals surface area (Å²) in [4.78, 5) is 14.3. The predicted molar refractivity (Wildman–Crippen MR) is 63.7 cm³/mol. The number of benzene rings is 1. The first kappa shape index (κ1) is 12.7. The van der Waals surface area contributed by atoms with E-state index in [1.165, 1.54) is 6.92 Å². The summed E-state index contributed by atoms with van der Waals surface area (Å²) in [7, 11) is 0. The molecule has 1 N–H and O–H groups in total. The van der Waals surface area contributed by atoms with Crippen LogP contribution < -0.4 is 5.43 Å². The van der Waals surface area contributed by atoms with Gasteiger partial charge in [0.05, 0.1) is 5.52 Å². The topological polar surface area (TPSA) is 32.9 Å². The molecule has 2 rings (SSSR count). The number of rotatable bonds is 1. The Balaban J connectivity index is 2.94. The van der Waals surface area contributed by atoms with Crippen molar-refractivity contribution < 1.29 is 13.2 Å². The van der Waals surface area contributed by atoms with Crippen LogP contribution in [0.5, 0.6) is 0 Å². The van der Waals surface area contributed by atoms with E-state index in [-0.39, 0.29) is 11.1 Å². The minimum Gasteiger partial charge on any atom is -0.350 e. The quantitative estimate of drug-likeness (QED) is 0.832. The second-order valence-corrected chi connectivity index (χ2v) is 4.15. The average Bonchev–Trinajstić information content (AvgIpc) is 2.31. The number of alkyl halides is 3. The van der Waals surface area contributed by atoms with Crippen molar-refractivity contribution in [3.63, 3.8) is 0 Å². The SMILES string of the molecule is CCc1cccc2c(=O)c(C)c(C(F)(F)F)[nH]c12. The molecule has 18 heavy (non-hydrogen) atoms. The van der Waals surface area contributed by atoms with Gasteiger partial charge < -0.3 is 4.98 Å². The zero-order valence-electron chi connectivity index (χ0n) is 9.98. The number of hydrogen-bond acceptors (Lipinski definition) is 1. The van der Waals surface area contributed by atoms with Crippen LogP contribution >= 0.6 is 0 Å². The molecule has 0 amide bonds. The third-order valence-corrected chi connectivity index (χ3v) is 3.03. The van der Waals surface area contributed by atoms with Crippen molar-refractivity contribution in [2.45, 2.75) is 26.4 Å². The van der Waals surface area contributed by atoms with Crippen LogP contribution in [-0.2, 0) is 12.6 Å². The number of halogens is 3. The van der Waals surface area contributed by atoms with Crippen molar-refractivity contribution in [3.05, 3.63) is 45.2 Å². The lowest BCUT2D eigenvalue weighted by Gasteiger charge is -2.13. The summed E-state index contributed by atoms with van der Waals surface area (Å²) in [6, 6.07) is 4.94. The predicted octanol–water partition coefficient (Wildman–Crippen LogP) is 3.42. The standard InChI is InChI=1S/C13H12F3NO/c1-3-8-5-4-6-9-10(8)17-12(13(14,15)16)7(2)11(9)18/h4-6H,3H2,1-2H3,(H,17,18). The Morgan fingerprint density at radius 3 is 2.50 bits per heavy atom. The zero-order valence-corrected chi connectivity index (χ0v) is 9.98. The summed E-state index contributed by atoms with van der Waals surface area (Å²) in [6.45, 7) is 3.03. The van der Waals surface area contributed by atoms with Crippen LogP contribution in [-0.4, -0.2) is 4.98 Å². The van der Waals surface area contributed by atoms with Crippen molar-refractivity contribution in [2.75, 3.05) is 0 Å². The molecule has 0 atom stereocenters. The van der Waals surface area contributed by atoms with Gasteiger partial charge >= 0.3 is 6.18 Å². The molecular formula is C13H12F3NO. The monoisotopic (exact) mass is 255 g/mol. The molecule has 96 valence electrons. The second-order valence-electron chi connectivity index (χ2n) is 4.15. The van der Waals surface area contributed by atoms with Crippen LogP contribution in [0.4, 0.5) is 13.2 Å². The van der Waals surface area contributed by atoms with Crippen molar-refractivity contribution in [2.24, 2.45) is 0 Å². The molecule has 0 unspecified atom stereocenters. The maximum Gasteiger partial charge on any atom is 0.431 e. The van der Waals surface area contributed by atoms with Gasteiger partial charge in [0.15, 0.2) is 5.43 Å². The number of pyridine rings is 1. The van der Waals surface area contributed by atoms with E-state index in [1.807, 2.05) is 6.92 Å². The molecule has 1 aromatic heterocycles. The highest BCUT2D eigenvalue weighted by molar-refractivity contribution is 5.82. The summed E-state index contributed by atoms with van der Waals surface area (Å²) < 4.78 is 38.5. The summed E-state index contributed by atoms with van der Waals surface area (Å²) >= 11 is 0. The fourth-order valence-corrected chi connectivity index (χ4v) is 2.05. The zero-order chi connectivity index (χ0) is 13.5. The Morgan fingerprint density at radius 2 is 1.94 bits per heavy atom. The van der Waals surface area contributed by atoms with Gasteiger partial charge in [-0.2, -0.15) is 13.2 Å². The molecule has 1 aromatic carbocycles. The highest BCUT2D eigenvalue weighted by Crippen LogP contribution is 2.30. The Hall–Kier alpha value is -1.78. The lowest BCUT2D eigenvalue weighted by atomic mass is 10.0. The lowest BCUT2D eigenvalue weighted by molar-refractivity contribution is -0.141. The number of fused-ring (bicyclic) bond motifs is 1. The van der Waals surface area contributed by atoms with Crippen LogP contribution in [0.3, 0.4) is 0 Å². The van der Waals surface area contributed by atoms with Gasteiger partial charge in [-0.1, -0.05) is 19.1 Å². The number of aromatic nitrogens is 1. The van der Waals surface area contributed by atoms with Gasteiger partial charge in [-0.25, -0.2) is 0 Å². The largest absolute Gasteiger partial charge is 0.431 e. The molecule has 0 aliphatic carbocycles. The number of H-pyrrole nitrogens is 1. The fourth-order valence-electron chi connectivity index (χ4n) is 2.05. The van der Waals surface area contributed by atoms with E-state index in [1.54, 1.807) is 18.2 Å². The summed E-state index contributed by atoms with van der Waals surface area (Å²) in [5.74, 6) is 0. The molecular weight excluding hydrogens is 243 g/mol. The maximum atomic E-state index is 12.8. The molecule has 0 aliphatic rings. The highest BCUT2D eigenvalue weighted by Gasteiger charge is 2.35. The molecule has 0 bridgehead atoms. The Kier molecular flexibility index (Phi) is 2.92. The van der Waals surface area contributed by atoms with Crippen LogP contribution in [0.25, 0.3) is 10.9 Å². The van der Waals surface area contributed by atoms with E-state index in [0.717, 1.165) is 0 Å².